The van der Waals surface area contributed by atoms with Gasteiger partial charge in [0.05, 0.1) is 0 Å². The number of aryl methyl sites for hydroxylation is 2. The first-order valence-electron chi connectivity index (χ1n) is 13.3. The Morgan fingerprint density at radius 2 is 1.58 bits per heavy atom. The summed E-state index contributed by atoms with van der Waals surface area (Å²) in [6, 6.07) is 17.0. The van der Waals surface area contributed by atoms with Crippen molar-refractivity contribution < 1.29 is 18.3 Å². The zero-order valence-electron chi connectivity index (χ0n) is 23.3. The normalized spacial score (nSPS) is 14.5. The number of benzene rings is 3. The maximum absolute atomic E-state index is 14.3. The number of hydrogen-bond donors (Lipinski definition) is 0. The van der Waals surface area contributed by atoms with E-state index in [2.05, 4.69) is 56.0 Å². The molecule has 0 saturated carbocycles. The van der Waals surface area contributed by atoms with Crippen LogP contribution < -0.4 is 4.90 Å². The molecule has 0 atom stereocenters. The zero-order valence-corrected chi connectivity index (χ0v) is 23.3. The number of rotatable bonds is 5. The molecule has 0 aliphatic carbocycles. The second kappa shape index (κ2) is 11.1. The molecule has 1 aliphatic heterocycles. The van der Waals surface area contributed by atoms with Crippen molar-refractivity contribution in [2.75, 3.05) is 18.0 Å². The van der Waals surface area contributed by atoms with Gasteiger partial charge in [-0.2, -0.15) is 0 Å². The quantitative estimate of drug-likeness (QED) is 0.342. The van der Waals surface area contributed by atoms with E-state index in [1.165, 1.54) is 28.8 Å². The Labute approximate surface area is 225 Å². The lowest BCUT2D eigenvalue weighted by Crippen LogP contribution is -2.48. The van der Waals surface area contributed by atoms with Crippen LogP contribution in [0.4, 0.5) is 19.3 Å². The van der Waals surface area contributed by atoms with Crippen molar-refractivity contribution in [2.45, 2.75) is 72.6 Å². The number of carbonyl (C=O) groups excluding carboxylic acids is 1. The Kier molecular flexibility index (Phi) is 8.10. The molecule has 202 valence electrons. The molecule has 1 heterocycles. The van der Waals surface area contributed by atoms with Crippen LogP contribution in [0.2, 0.25) is 0 Å². The van der Waals surface area contributed by atoms with Crippen LogP contribution in [0.3, 0.4) is 0 Å². The fourth-order valence-corrected chi connectivity index (χ4v) is 5.03. The molecule has 4 nitrogen and oxygen atoms in total. The molecular weight excluding hydrogens is 482 g/mol. The molecule has 0 N–H and O–H groups in total. The molecule has 1 fully saturated rings. The predicted molar refractivity (Wildman–Crippen MR) is 149 cm³/mol. The lowest BCUT2D eigenvalue weighted by molar-refractivity contribution is 0.0204. The molecule has 0 unspecified atom stereocenters. The van der Waals surface area contributed by atoms with Crippen LogP contribution in [0.25, 0.3) is 11.1 Å². The van der Waals surface area contributed by atoms with Crippen molar-refractivity contribution in [1.82, 2.24) is 4.90 Å². The Hall–Kier alpha value is -3.41. The van der Waals surface area contributed by atoms with E-state index in [1.807, 2.05) is 26.8 Å². The lowest BCUT2D eigenvalue weighted by Gasteiger charge is -2.40. The van der Waals surface area contributed by atoms with E-state index in [1.54, 1.807) is 11.0 Å². The first-order chi connectivity index (χ1) is 17.9. The van der Waals surface area contributed by atoms with Gasteiger partial charge >= 0.3 is 6.09 Å². The third-order valence-electron chi connectivity index (χ3n) is 7.33. The maximum atomic E-state index is 14.3. The SMILES string of the molecule is Cc1cc(-c2cccc(CN(c3ccc(F)c(F)c3)C3CCN(C(=O)OC(C)(C)C)CC3)c2)cc(C)c1C. The molecule has 1 aliphatic rings. The monoisotopic (exact) mass is 520 g/mol. The van der Waals surface area contributed by atoms with E-state index in [0.717, 1.165) is 16.7 Å². The molecule has 0 spiro atoms. The fourth-order valence-electron chi connectivity index (χ4n) is 5.03. The van der Waals surface area contributed by atoms with Crippen molar-refractivity contribution in [1.29, 1.82) is 0 Å². The largest absolute Gasteiger partial charge is 0.444 e. The highest BCUT2D eigenvalue weighted by Gasteiger charge is 2.30. The number of ether oxygens (including phenoxy) is 1. The van der Waals surface area contributed by atoms with E-state index in [4.69, 9.17) is 4.74 Å². The van der Waals surface area contributed by atoms with Gasteiger partial charge in [0.1, 0.15) is 5.60 Å². The summed E-state index contributed by atoms with van der Waals surface area (Å²) in [4.78, 5) is 16.4. The second-order valence-corrected chi connectivity index (χ2v) is 11.4. The third kappa shape index (κ3) is 6.53. The molecule has 4 rings (SSSR count). The lowest BCUT2D eigenvalue weighted by atomic mass is 9.95. The minimum Gasteiger partial charge on any atom is -0.444 e. The van der Waals surface area contributed by atoms with Crippen molar-refractivity contribution >= 4 is 11.8 Å². The van der Waals surface area contributed by atoms with Gasteiger partial charge in [0, 0.05) is 37.4 Å². The number of carbonyl (C=O) groups is 1. The van der Waals surface area contributed by atoms with Crippen molar-refractivity contribution in [3.05, 3.63) is 88.5 Å². The molecular formula is C32H38F2N2O2. The van der Waals surface area contributed by atoms with Crippen LogP contribution in [0.1, 0.15) is 55.9 Å². The highest BCUT2D eigenvalue weighted by atomic mass is 19.2. The molecule has 38 heavy (non-hydrogen) atoms. The number of anilines is 1. The summed E-state index contributed by atoms with van der Waals surface area (Å²) in [5.74, 6) is -1.72. The van der Waals surface area contributed by atoms with Gasteiger partial charge < -0.3 is 14.5 Å². The van der Waals surface area contributed by atoms with E-state index in [0.29, 0.717) is 38.2 Å². The summed E-state index contributed by atoms with van der Waals surface area (Å²) in [5, 5.41) is 0. The Bertz CT molecular complexity index is 1280. The summed E-state index contributed by atoms with van der Waals surface area (Å²) in [7, 11) is 0. The van der Waals surface area contributed by atoms with Crippen LogP contribution in [0.5, 0.6) is 0 Å². The van der Waals surface area contributed by atoms with Crippen molar-refractivity contribution in [3.8, 4) is 11.1 Å². The minimum absolute atomic E-state index is 0.0612. The van der Waals surface area contributed by atoms with Gasteiger partial charge in [-0.05, 0) is 106 Å². The number of piperidine rings is 1. The Morgan fingerprint density at radius 1 is 0.921 bits per heavy atom. The molecule has 3 aromatic rings. The summed E-state index contributed by atoms with van der Waals surface area (Å²) < 4.78 is 33.6. The van der Waals surface area contributed by atoms with Crippen LogP contribution in [0, 0.1) is 32.4 Å². The molecule has 1 saturated heterocycles. The molecule has 3 aromatic carbocycles. The van der Waals surface area contributed by atoms with E-state index < -0.39 is 17.2 Å². The smallest absolute Gasteiger partial charge is 0.410 e. The first-order valence-corrected chi connectivity index (χ1v) is 13.3. The molecule has 6 heteroatoms. The average Bonchev–Trinajstić information content (AvgIpc) is 2.86. The van der Waals surface area contributed by atoms with Gasteiger partial charge in [0.25, 0.3) is 0 Å². The van der Waals surface area contributed by atoms with Crippen LogP contribution in [-0.2, 0) is 11.3 Å². The summed E-state index contributed by atoms with van der Waals surface area (Å²) in [6.07, 6.45) is 1.09. The van der Waals surface area contributed by atoms with E-state index in [-0.39, 0.29) is 12.1 Å². The highest BCUT2D eigenvalue weighted by molar-refractivity contribution is 5.68. The Balaban J connectivity index is 1.59. The summed E-state index contributed by atoms with van der Waals surface area (Å²) in [6.45, 7) is 13.6. The van der Waals surface area contributed by atoms with Gasteiger partial charge in [0.15, 0.2) is 11.6 Å². The maximum Gasteiger partial charge on any atom is 0.410 e. The number of hydrogen-bond acceptors (Lipinski definition) is 3. The molecule has 1 amide bonds. The minimum atomic E-state index is -0.863. The number of nitrogens with zero attached hydrogens (tertiary/aromatic N) is 2. The van der Waals surface area contributed by atoms with Crippen molar-refractivity contribution in [2.24, 2.45) is 0 Å². The van der Waals surface area contributed by atoms with Gasteiger partial charge in [0.2, 0.25) is 0 Å². The average molecular weight is 521 g/mol. The zero-order chi connectivity index (χ0) is 27.6. The third-order valence-corrected chi connectivity index (χ3v) is 7.33. The molecule has 0 bridgehead atoms. The standard InChI is InChI=1S/C32H38F2N2O2/c1-21-16-26(17-22(2)23(21)3)25-9-7-8-24(18-25)20-36(28-10-11-29(33)30(34)19-28)27-12-14-35(15-13-27)31(37)38-32(4,5)6/h7-11,16-19,27H,12-15,20H2,1-6H3. The second-order valence-electron chi connectivity index (χ2n) is 11.4. The van der Waals surface area contributed by atoms with Crippen molar-refractivity contribution in [3.63, 3.8) is 0 Å². The summed E-state index contributed by atoms with van der Waals surface area (Å²) >= 11 is 0. The molecule has 0 aromatic heterocycles. The van der Waals surface area contributed by atoms with E-state index >= 15 is 0 Å². The van der Waals surface area contributed by atoms with Gasteiger partial charge in [-0.25, -0.2) is 13.6 Å². The highest BCUT2D eigenvalue weighted by Crippen LogP contribution is 2.30. The van der Waals surface area contributed by atoms with Crippen LogP contribution >= 0.6 is 0 Å². The fraction of sp³-hybridized carbons (Fsp3) is 0.406. The van der Waals surface area contributed by atoms with Gasteiger partial charge in [-0.3, -0.25) is 0 Å². The predicted octanol–water partition coefficient (Wildman–Crippen LogP) is 7.96. The van der Waals surface area contributed by atoms with Crippen LogP contribution in [0.15, 0.2) is 54.6 Å². The first kappa shape index (κ1) is 27.6. The van der Waals surface area contributed by atoms with Gasteiger partial charge in [-0.15, -0.1) is 0 Å². The Morgan fingerprint density at radius 3 is 2.18 bits per heavy atom. The van der Waals surface area contributed by atoms with E-state index in [9.17, 15) is 13.6 Å². The van der Waals surface area contributed by atoms with Gasteiger partial charge in [-0.1, -0.05) is 30.3 Å². The summed E-state index contributed by atoms with van der Waals surface area (Å²) in [5.41, 5.74) is 7.26. The topological polar surface area (TPSA) is 32.8 Å². The number of likely N-dealkylation sites (tertiary alicyclic amines) is 1. The van der Waals surface area contributed by atoms with Crippen LogP contribution in [-0.4, -0.2) is 35.7 Å². The number of amides is 1. The number of halogens is 2. The molecule has 0 radical (unpaired) electrons.